The minimum absolute atomic E-state index is 0.179. The van der Waals surface area contributed by atoms with Crippen LogP contribution in [0, 0.1) is 11.8 Å². The van der Waals surface area contributed by atoms with E-state index in [1.54, 1.807) is 6.08 Å². The number of ether oxygens (including phenoxy) is 1. The van der Waals surface area contributed by atoms with Gasteiger partial charge in [-0.1, -0.05) is 6.08 Å². The van der Waals surface area contributed by atoms with E-state index in [4.69, 9.17) is 8.37 Å². The first-order valence-electron chi connectivity index (χ1n) is 6.56. The van der Waals surface area contributed by atoms with Crippen LogP contribution in [0.1, 0.15) is 12.8 Å². The number of hydrogen-bond donors (Lipinski definition) is 0. The molecule has 2 rings (SSSR count). The van der Waals surface area contributed by atoms with Crippen molar-refractivity contribution in [3.05, 3.63) is 11.6 Å². The van der Waals surface area contributed by atoms with Crippen molar-refractivity contribution < 1.29 is 34.7 Å². The van der Waals surface area contributed by atoms with Gasteiger partial charge in [-0.05, 0) is 24.7 Å². The summed E-state index contributed by atoms with van der Waals surface area (Å²) in [4.78, 5) is 11.7. The van der Waals surface area contributed by atoms with Crippen LogP contribution in [0.25, 0.3) is 0 Å². The van der Waals surface area contributed by atoms with E-state index in [2.05, 4.69) is 4.74 Å². The zero-order valence-corrected chi connectivity index (χ0v) is 14.0. The summed E-state index contributed by atoms with van der Waals surface area (Å²) in [7, 11) is -6.32. The molecule has 1 fully saturated rings. The fourth-order valence-electron chi connectivity index (χ4n) is 3.14. The summed E-state index contributed by atoms with van der Waals surface area (Å²) >= 11 is 0. The standard InChI is InChI=1S/C12H18O8S2/c1-18-12(13)8-5-4-7-9(8)6-10(19-21(2,14)15)11(7)20-22(3,16)17/h5,7,9-11H,4,6H2,1-3H3/t7-,9-,10-,11+/m1/s1. The zero-order chi connectivity index (χ0) is 16.7. The molecule has 0 bridgehead atoms. The lowest BCUT2D eigenvalue weighted by molar-refractivity contribution is -0.136. The summed E-state index contributed by atoms with van der Waals surface area (Å²) in [6.07, 6.45) is 2.13. The second kappa shape index (κ2) is 5.91. The van der Waals surface area contributed by atoms with Crippen LogP contribution in [-0.4, -0.2) is 54.6 Å². The van der Waals surface area contributed by atoms with Crippen molar-refractivity contribution in [3.8, 4) is 0 Å². The Hall–Kier alpha value is -0.970. The summed E-state index contributed by atoms with van der Waals surface area (Å²) in [5, 5.41) is 0. The fourth-order valence-corrected chi connectivity index (χ4v) is 4.45. The van der Waals surface area contributed by atoms with Crippen LogP contribution >= 0.6 is 0 Å². The van der Waals surface area contributed by atoms with Gasteiger partial charge in [-0.25, -0.2) is 4.79 Å². The molecule has 0 heterocycles. The summed E-state index contributed by atoms with van der Waals surface area (Å²) in [5.41, 5.74) is 0.411. The SMILES string of the molecule is COC(=O)C1=CC[C@H]2[C@H](OS(C)(=O)=O)[C@H](OS(C)(=O)=O)C[C@@H]12. The number of fused-ring (bicyclic) bond motifs is 1. The van der Waals surface area contributed by atoms with Crippen LogP contribution in [-0.2, 0) is 38.1 Å². The first-order chi connectivity index (χ1) is 10.0. The monoisotopic (exact) mass is 354 g/mol. The molecule has 0 aliphatic heterocycles. The molecule has 0 aromatic rings. The van der Waals surface area contributed by atoms with E-state index in [0.717, 1.165) is 12.5 Å². The Balaban J connectivity index is 2.28. The Morgan fingerprint density at radius 1 is 1.14 bits per heavy atom. The van der Waals surface area contributed by atoms with Crippen molar-refractivity contribution >= 4 is 26.2 Å². The molecule has 22 heavy (non-hydrogen) atoms. The molecule has 0 N–H and O–H groups in total. The molecule has 0 unspecified atom stereocenters. The third-order valence-electron chi connectivity index (χ3n) is 3.81. The Bertz CT molecular complexity index is 691. The van der Waals surface area contributed by atoms with Crippen LogP contribution in [0.2, 0.25) is 0 Å². The molecule has 0 amide bonds. The van der Waals surface area contributed by atoms with Gasteiger partial charge in [0.2, 0.25) is 0 Å². The van der Waals surface area contributed by atoms with Gasteiger partial charge in [-0.15, -0.1) is 0 Å². The highest BCUT2D eigenvalue weighted by atomic mass is 32.2. The predicted octanol–water partition coefficient (Wildman–Crippen LogP) is -0.185. The molecule has 0 aromatic carbocycles. The molecule has 0 aromatic heterocycles. The Morgan fingerprint density at radius 3 is 2.23 bits per heavy atom. The molecule has 0 saturated heterocycles. The molecule has 0 radical (unpaired) electrons. The summed E-state index contributed by atoms with van der Waals surface area (Å²) in [6, 6.07) is 0. The first kappa shape index (κ1) is 17.4. The average molecular weight is 354 g/mol. The molecule has 4 atom stereocenters. The quantitative estimate of drug-likeness (QED) is 0.493. The Morgan fingerprint density at radius 2 is 1.73 bits per heavy atom. The van der Waals surface area contributed by atoms with Crippen molar-refractivity contribution in [2.24, 2.45) is 11.8 Å². The van der Waals surface area contributed by atoms with E-state index in [0.29, 0.717) is 12.0 Å². The van der Waals surface area contributed by atoms with E-state index >= 15 is 0 Å². The van der Waals surface area contributed by atoms with E-state index in [1.807, 2.05) is 0 Å². The molecule has 0 spiro atoms. The zero-order valence-electron chi connectivity index (χ0n) is 12.4. The number of hydrogen-bond acceptors (Lipinski definition) is 8. The lowest BCUT2D eigenvalue weighted by Crippen LogP contribution is -2.34. The normalized spacial score (nSPS) is 31.7. The Kier molecular flexibility index (Phi) is 4.67. The number of esters is 1. The van der Waals surface area contributed by atoms with Crippen LogP contribution < -0.4 is 0 Å². The van der Waals surface area contributed by atoms with Crippen molar-refractivity contribution in [3.63, 3.8) is 0 Å². The van der Waals surface area contributed by atoms with Gasteiger partial charge in [0.05, 0.1) is 19.6 Å². The van der Waals surface area contributed by atoms with Crippen LogP contribution in [0.15, 0.2) is 11.6 Å². The number of rotatable bonds is 5. The van der Waals surface area contributed by atoms with Gasteiger partial charge in [0.25, 0.3) is 20.2 Å². The van der Waals surface area contributed by atoms with E-state index in [-0.39, 0.29) is 18.3 Å². The van der Waals surface area contributed by atoms with Crippen LogP contribution in [0.3, 0.4) is 0 Å². The first-order valence-corrected chi connectivity index (χ1v) is 10.2. The number of carbonyl (C=O) groups is 1. The maximum absolute atomic E-state index is 11.7. The number of carbonyl (C=O) groups excluding carboxylic acids is 1. The van der Waals surface area contributed by atoms with E-state index < -0.39 is 38.4 Å². The molecule has 2 aliphatic carbocycles. The second-order valence-corrected chi connectivity index (χ2v) is 8.70. The van der Waals surface area contributed by atoms with Crippen molar-refractivity contribution in [2.75, 3.05) is 19.6 Å². The molecule has 1 saturated carbocycles. The van der Waals surface area contributed by atoms with Crippen LogP contribution in [0.5, 0.6) is 0 Å². The maximum Gasteiger partial charge on any atom is 0.333 e. The van der Waals surface area contributed by atoms with Gasteiger partial charge in [0.1, 0.15) is 12.2 Å². The van der Waals surface area contributed by atoms with Gasteiger partial charge in [-0.2, -0.15) is 16.8 Å². The average Bonchev–Trinajstić information content (AvgIpc) is 2.86. The molecule has 126 valence electrons. The van der Waals surface area contributed by atoms with E-state index in [9.17, 15) is 21.6 Å². The van der Waals surface area contributed by atoms with Gasteiger partial charge in [-0.3, -0.25) is 8.37 Å². The molecule has 8 nitrogen and oxygen atoms in total. The van der Waals surface area contributed by atoms with E-state index in [1.165, 1.54) is 7.11 Å². The largest absolute Gasteiger partial charge is 0.466 e. The highest BCUT2D eigenvalue weighted by Crippen LogP contribution is 2.47. The van der Waals surface area contributed by atoms with Crippen molar-refractivity contribution in [2.45, 2.75) is 25.0 Å². The minimum atomic E-state index is -3.79. The molecule has 10 heteroatoms. The lowest BCUT2D eigenvalue weighted by atomic mass is 9.94. The van der Waals surface area contributed by atoms with Gasteiger partial charge < -0.3 is 4.74 Å². The summed E-state index contributed by atoms with van der Waals surface area (Å²) in [5.74, 6) is -1.19. The third kappa shape index (κ3) is 3.86. The second-order valence-electron chi connectivity index (χ2n) is 5.50. The maximum atomic E-state index is 11.7. The molecular formula is C12H18O8S2. The highest BCUT2D eigenvalue weighted by molar-refractivity contribution is 7.86. The van der Waals surface area contributed by atoms with Crippen molar-refractivity contribution in [1.29, 1.82) is 0 Å². The topological polar surface area (TPSA) is 113 Å². The smallest absolute Gasteiger partial charge is 0.333 e. The number of methoxy groups -OCH3 is 1. The molecular weight excluding hydrogens is 336 g/mol. The Labute approximate surface area is 129 Å². The predicted molar refractivity (Wildman–Crippen MR) is 75.7 cm³/mol. The highest BCUT2D eigenvalue weighted by Gasteiger charge is 2.52. The summed E-state index contributed by atoms with van der Waals surface area (Å²) in [6.45, 7) is 0. The number of allylic oxidation sites excluding steroid dienone is 1. The van der Waals surface area contributed by atoms with Gasteiger partial charge >= 0.3 is 5.97 Å². The summed E-state index contributed by atoms with van der Waals surface area (Å²) < 4.78 is 60.2. The van der Waals surface area contributed by atoms with Gasteiger partial charge in [0.15, 0.2) is 0 Å². The fraction of sp³-hybridized carbons (Fsp3) is 0.750. The van der Waals surface area contributed by atoms with Crippen molar-refractivity contribution in [1.82, 2.24) is 0 Å². The minimum Gasteiger partial charge on any atom is -0.466 e. The van der Waals surface area contributed by atoms with Gasteiger partial charge in [0, 0.05) is 5.57 Å². The third-order valence-corrected chi connectivity index (χ3v) is 4.97. The van der Waals surface area contributed by atoms with Crippen LogP contribution in [0.4, 0.5) is 0 Å². The molecule has 2 aliphatic rings. The lowest BCUT2D eigenvalue weighted by Gasteiger charge is -2.22.